The van der Waals surface area contributed by atoms with Crippen molar-refractivity contribution in [3.05, 3.63) is 28.7 Å². The highest BCUT2D eigenvalue weighted by Gasteiger charge is 2.07. The lowest BCUT2D eigenvalue weighted by Crippen LogP contribution is -2.12. The molecular weight excluding hydrogens is 302 g/mol. The van der Waals surface area contributed by atoms with E-state index in [4.69, 9.17) is 15.3 Å². The molecule has 0 spiro atoms. The number of nitrogen functional groups attached to an aromatic ring is 1. The summed E-state index contributed by atoms with van der Waals surface area (Å²) in [6.07, 6.45) is 0. The van der Waals surface area contributed by atoms with Gasteiger partial charge in [0.2, 0.25) is 5.95 Å². The molecule has 3 N–H and O–H groups in total. The number of halogens is 1. The lowest BCUT2D eigenvalue weighted by Gasteiger charge is -2.06. The van der Waals surface area contributed by atoms with E-state index in [0.717, 1.165) is 4.47 Å². The van der Waals surface area contributed by atoms with Crippen molar-refractivity contribution in [3.8, 4) is 17.8 Å². The third-order valence-corrected chi connectivity index (χ3v) is 2.46. The highest BCUT2D eigenvalue weighted by Crippen LogP contribution is 2.22. The molecule has 0 fully saturated rings. The zero-order chi connectivity index (χ0) is 13.0. The molecule has 94 valence electrons. The van der Waals surface area contributed by atoms with Crippen LogP contribution in [-0.4, -0.2) is 22.1 Å². The van der Waals surface area contributed by atoms with E-state index in [1.165, 1.54) is 7.11 Å². The molecule has 2 aromatic rings. The molecule has 0 radical (unpaired) electrons. The van der Waals surface area contributed by atoms with Gasteiger partial charge in [0.1, 0.15) is 5.75 Å². The zero-order valence-corrected chi connectivity index (χ0v) is 11.0. The molecule has 0 unspecified atom stereocenters. The van der Waals surface area contributed by atoms with E-state index >= 15 is 0 Å². The second-order valence-corrected chi connectivity index (χ2v) is 4.04. The number of anilines is 1. The SMILES string of the molecule is COc1nc(NN)nc(Oc2ccc(Br)cc2)n1. The van der Waals surface area contributed by atoms with Gasteiger partial charge in [0, 0.05) is 4.47 Å². The molecule has 7 nitrogen and oxygen atoms in total. The summed E-state index contributed by atoms with van der Waals surface area (Å²) in [6.45, 7) is 0. The third kappa shape index (κ3) is 3.05. The van der Waals surface area contributed by atoms with Gasteiger partial charge in [-0.1, -0.05) is 15.9 Å². The predicted octanol–water partition coefficient (Wildman–Crippen LogP) is 1.72. The minimum Gasteiger partial charge on any atom is -0.467 e. The van der Waals surface area contributed by atoms with Crippen LogP contribution in [-0.2, 0) is 0 Å². The number of hydrogen-bond donors (Lipinski definition) is 2. The highest BCUT2D eigenvalue weighted by atomic mass is 79.9. The van der Waals surface area contributed by atoms with Crippen molar-refractivity contribution in [2.45, 2.75) is 0 Å². The number of benzene rings is 1. The van der Waals surface area contributed by atoms with E-state index in [2.05, 4.69) is 36.3 Å². The van der Waals surface area contributed by atoms with Crippen LogP contribution in [0.5, 0.6) is 17.8 Å². The van der Waals surface area contributed by atoms with Gasteiger partial charge in [-0.25, -0.2) is 5.84 Å². The molecule has 0 saturated carbocycles. The molecule has 0 aliphatic carbocycles. The second-order valence-electron chi connectivity index (χ2n) is 3.13. The highest BCUT2D eigenvalue weighted by molar-refractivity contribution is 9.10. The Bertz CT molecular complexity index is 512. The van der Waals surface area contributed by atoms with Crippen molar-refractivity contribution in [2.24, 2.45) is 5.84 Å². The van der Waals surface area contributed by atoms with E-state index < -0.39 is 0 Å². The molecule has 8 heteroatoms. The van der Waals surface area contributed by atoms with Gasteiger partial charge in [0.25, 0.3) is 0 Å². The van der Waals surface area contributed by atoms with Gasteiger partial charge in [-0.3, -0.25) is 5.43 Å². The first-order valence-electron chi connectivity index (χ1n) is 4.91. The molecule has 1 aromatic carbocycles. The van der Waals surface area contributed by atoms with E-state index in [0.29, 0.717) is 5.75 Å². The minimum absolute atomic E-state index is 0.0946. The lowest BCUT2D eigenvalue weighted by atomic mass is 10.3. The fraction of sp³-hybridized carbons (Fsp3) is 0.100. The number of nitrogens with two attached hydrogens (primary N) is 1. The Labute approximate surface area is 111 Å². The van der Waals surface area contributed by atoms with Gasteiger partial charge < -0.3 is 9.47 Å². The summed E-state index contributed by atoms with van der Waals surface area (Å²) in [5.74, 6) is 5.99. The van der Waals surface area contributed by atoms with Crippen LogP contribution in [0.2, 0.25) is 0 Å². The summed E-state index contributed by atoms with van der Waals surface area (Å²) in [7, 11) is 1.44. The first kappa shape index (κ1) is 12.5. The number of rotatable bonds is 4. The lowest BCUT2D eigenvalue weighted by molar-refractivity contribution is 0.360. The Balaban J connectivity index is 2.25. The van der Waals surface area contributed by atoms with Crippen LogP contribution in [0.25, 0.3) is 0 Å². The van der Waals surface area contributed by atoms with Crippen molar-refractivity contribution in [1.29, 1.82) is 0 Å². The molecular formula is C10H10BrN5O2. The van der Waals surface area contributed by atoms with Crippen molar-refractivity contribution in [1.82, 2.24) is 15.0 Å². The quantitative estimate of drug-likeness (QED) is 0.655. The molecule has 0 bridgehead atoms. The molecule has 1 heterocycles. The molecule has 1 aromatic heterocycles. The Morgan fingerprint density at radius 3 is 2.39 bits per heavy atom. The monoisotopic (exact) mass is 311 g/mol. The van der Waals surface area contributed by atoms with Gasteiger partial charge in [-0.05, 0) is 24.3 Å². The largest absolute Gasteiger partial charge is 0.467 e. The Morgan fingerprint density at radius 1 is 1.11 bits per heavy atom. The maximum atomic E-state index is 5.46. The number of ether oxygens (including phenoxy) is 2. The summed E-state index contributed by atoms with van der Waals surface area (Å²) in [5, 5.41) is 0. The van der Waals surface area contributed by atoms with E-state index in [1.54, 1.807) is 12.1 Å². The summed E-state index contributed by atoms with van der Waals surface area (Å²) < 4.78 is 11.3. The van der Waals surface area contributed by atoms with Crippen LogP contribution >= 0.6 is 15.9 Å². The van der Waals surface area contributed by atoms with Crippen molar-refractivity contribution >= 4 is 21.9 Å². The Morgan fingerprint density at radius 2 is 1.78 bits per heavy atom. The molecule has 18 heavy (non-hydrogen) atoms. The second kappa shape index (κ2) is 5.61. The zero-order valence-electron chi connectivity index (χ0n) is 9.42. The van der Waals surface area contributed by atoms with Crippen LogP contribution in [0.4, 0.5) is 5.95 Å². The Hall–Kier alpha value is -1.93. The smallest absolute Gasteiger partial charge is 0.330 e. The van der Waals surface area contributed by atoms with Crippen molar-refractivity contribution < 1.29 is 9.47 Å². The van der Waals surface area contributed by atoms with Gasteiger partial charge in [0.05, 0.1) is 7.11 Å². The number of hydrazine groups is 1. The fourth-order valence-electron chi connectivity index (χ4n) is 1.15. The molecule has 0 amide bonds. The van der Waals surface area contributed by atoms with Crippen LogP contribution in [0.15, 0.2) is 28.7 Å². The molecule has 0 aliphatic rings. The average molecular weight is 312 g/mol. The fourth-order valence-corrected chi connectivity index (χ4v) is 1.41. The van der Waals surface area contributed by atoms with Crippen LogP contribution in [0, 0.1) is 0 Å². The van der Waals surface area contributed by atoms with Crippen LogP contribution < -0.4 is 20.7 Å². The van der Waals surface area contributed by atoms with Crippen molar-refractivity contribution in [3.63, 3.8) is 0 Å². The molecule has 0 saturated heterocycles. The van der Waals surface area contributed by atoms with Gasteiger partial charge >= 0.3 is 12.0 Å². The Kier molecular flexibility index (Phi) is 3.90. The normalized spacial score (nSPS) is 9.94. The minimum atomic E-state index is 0.0946. The summed E-state index contributed by atoms with van der Waals surface area (Å²) in [5.41, 5.74) is 2.31. The predicted molar refractivity (Wildman–Crippen MR) is 68.4 cm³/mol. The van der Waals surface area contributed by atoms with E-state index in [9.17, 15) is 0 Å². The summed E-state index contributed by atoms with van der Waals surface area (Å²) in [4.78, 5) is 11.7. The number of nitrogens with one attached hydrogen (secondary N) is 1. The van der Waals surface area contributed by atoms with Gasteiger partial charge in [-0.2, -0.15) is 9.97 Å². The number of nitrogens with zero attached hydrogens (tertiary/aromatic N) is 3. The molecule has 2 rings (SSSR count). The number of methoxy groups -OCH3 is 1. The van der Waals surface area contributed by atoms with E-state index in [-0.39, 0.29) is 18.0 Å². The maximum Gasteiger partial charge on any atom is 0.330 e. The number of aromatic nitrogens is 3. The molecule has 0 atom stereocenters. The van der Waals surface area contributed by atoms with Crippen LogP contribution in [0.1, 0.15) is 0 Å². The van der Waals surface area contributed by atoms with Gasteiger partial charge in [0.15, 0.2) is 0 Å². The van der Waals surface area contributed by atoms with E-state index in [1.807, 2.05) is 12.1 Å². The number of hydrogen-bond acceptors (Lipinski definition) is 7. The average Bonchev–Trinajstić information content (AvgIpc) is 2.41. The van der Waals surface area contributed by atoms with Gasteiger partial charge in [-0.15, -0.1) is 4.98 Å². The maximum absolute atomic E-state index is 5.46. The topological polar surface area (TPSA) is 95.2 Å². The standard InChI is InChI=1S/C10H10BrN5O2/c1-17-9-13-8(16-12)14-10(15-9)18-7-4-2-6(11)3-5-7/h2-5H,12H2,1H3,(H,13,14,15,16). The first-order valence-corrected chi connectivity index (χ1v) is 5.70. The molecule has 0 aliphatic heterocycles. The van der Waals surface area contributed by atoms with Crippen LogP contribution in [0.3, 0.4) is 0 Å². The summed E-state index contributed by atoms with van der Waals surface area (Å²) >= 11 is 3.33. The van der Waals surface area contributed by atoms with Crippen molar-refractivity contribution in [2.75, 3.05) is 12.5 Å². The third-order valence-electron chi connectivity index (χ3n) is 1.93. The first-order chi connectivity index (χ1) is 8.71. The summed E-state index contributed by atoms with van der Waals surface area (Å²) in [6, 6.07) is 7.44.